The van der Waals surface area contributed by atoms with E-state index in [4.69, 9.17) is 0 Å². The second-order valence-corrected chi connectivity index (χ2v) is 13.5. The molecule has 14 nitrogen and oxygen atoms in total. The molecule has 0 radical (unpaired) electrons. The van der Waals surface area contributed by atoms with Gasteiger partial charge in [-0.1, -0.05) is 0 Å². The Morgan fingerprint density at radius 2 is 0.932 bits per heavy atom. The maximum atomic E-state index is 9.20. The fourth-order valence-electron chi connectivity index (χ4n) is 5.37. The van der Waals surface area contributed by atoms with Crippen LogP contribution in [0.1, 0.15) is 68.2 Å². The van der Waals surface area contributed by atoms with Crippen molar-refractivity contribution in [1.82, 2.24) is 20.4 Å². The molecule has 0 unspecified atom stereocenters. The largest absolute Gasteiger partial charge is 0.395 e. The van der Waals surface area contributed by atoms with Gasteiger partial charge in [0.05, 0.1) is 26.3 Å². The number of nitrogens with one attached hydrogen (secondary N) is 2. The number of azo groups is 2. The van der Waals surface area contributed by atoms with Crippen molar-refractivity contribution in [3.05, 3.63) is 0 Å². The average Bonchev–Trinajstić information content (AvgIpc) is 3.68. The molecule has 0 aromatic heterocycles. The van der Waals surface area contributed by atoms with Gasteiger partial charge >= 0.3 is 0 Å². The normalized spacial score (nSPS) is 20.1. The Hall–Kier alpha value is -3.00. The first-order valence-electron chi connectivity index (χ1n) is 16.0. The van der Waals surface area contributed by atoms with E-state index in [0.717, 1.165) is 88.5 Å². The van der Waals surface area contributed by atoms with E-state index in [9.17, 15) is 10.2 Å². The number of hydrogen-bond donors (Lipinski definition) is 4. The van der Waals surface area contributed by atoms with Gasteiger partial charge in [0.1, 0.15) is 45.5 Å². The molecular weight excluding hydrogens is 560 g/mol. The quantitative estimate of drug-likeness (QED) is 0.245. The summed E-state index contributed by atoms with van der Waals surface area (Å²) in [5.41, 5.74) is -1.92. The van der Waals surface area contributed by atoms with Crippen LogP contribution in [0.2, 0.25) is 0 Å². The minimum atomic E-state index is -0.552. The molecule has 0 bridgehead atoms. The molecule has 14 heteroatoms. The van der Waals surface area contributed by atoms with Gasteiger partial charge in [-0.25, -0.2) is 0 Å². The minimum Gasteiger partial charge on any atom is -0.395 e. The van der Waals surface area contributed by atoms with Crippen molar-refractivity contribution < 1.29 is 10.2 Å². The Morgan fingerprint density at radius 1 is 0.568 bits per heavy atom. The summed E-state index contributed by atoms with van der Waals surface area (Å²) >= 11 is 0. The van der Waals surface area contributed by atoms with Crippen molar-refractivity contribution in [2.45, 2.75) is 90.4 Å². The van der Waals surface area contributed by atoms with Crippen LogP contribution in [-0.2, 0) is 0 Å². The van der Waals surface area contributed by atoms with Crippen LogP contribution in [0.4, 0.5) is 0 Å². The first kappa shape index (κ1) is 35.5. The van der Waals surface area contributed by atoms with Crippen LogP contribution in [0, 0.1) is 0 Å². The van der Waals surface area contributed by atoms with E-state index in [1.54, 1.807) is 0 Å². The van der Waals surface area contributed by atoms with E-state index in [1.807, 2.05) is 55.4 Å². The van der Waals surface area contributed by atoms with Gasteiger partial charge < -0.3 is 30.6 Å². The van der Waals surface area contributed by atoms with Gasteiger partial charge in [-0.15, -0.1) is 0 Å². The molecule has 0 amide bonds. The molecule has 0 spiro atoms. The van der Waals surface area contributed by atoms with Crippen LogP contribution in [0.3, 0.4) is 0 Å². The van der Waals surface area contributed by atoms with Crippen LogP contribution in [0.25, 0.3) is 0 Å². The zero-order valence-corrected chi connectivity index (χ0v) is 28.3. The highest BCUT2D eigenvalue weighted by Gasteiger charge is 2.36. The maximum absolute atomic E-state index is 9.20. The molecule has 4 rings (SSSR count). The third-order valence-electron chi connectivity index (χ3n) is 7.75. The number of aliphatic hydroxyl groups excluding tert-OH is 2. The molecule has 0 atom stereocenters. The SMILES string of the molecule is CC(C)(N=NC(C)(C)C1=NCCCN1)C1=NCCCN1.CC(C)(N=NC(C)(C)C1=NCCN1CCO)C1=NCCN1CCO. The molecule has 0 aromatic rings. The summed E-state index contributed by atoms with van der Waals surface area (Å²) in [6.07, 6.45) is 2.17. The first-order chi connectivity index (χ1) is 20.7. The zero-order chi connectivity index (χ0) is 32.4. The zero-order valence-electron chi connectivity index (χ0n) is 28.3. The summed E-state index contributed by atoms with van der Waals surface area (Å²) in [6, 6.07) is 0. The van der Waals surface area contributed by atoms with Gasteiger partial charge in [0.25, 0.3) is 0 Å². The summed E-state index contributed by atoms with van der Waals surface area (Å²) in [7, 11) is 0. The molecule has 4 heterocycles. The Kier molecular flexibility index (Phi) is 12.4. The van der Waals surface area contributed by atoms with E-state index in [0.29, 0.717) is 13.1 Å². The predicted molar refractivity (Wildman–Crippen MR) is 178 cm³/mol. The molecule has 44 heavy (non-hydrogen) atoms. The standard InChI is InChI=1S/C16H30N6O2.C14H26N6/c1-15(2,13-17-5-7-21(13)9-11-23)19-20-16(3,4)14-18-6-8-22(14)10-12-24;1-13(2,11-15-7-5-8-16-11)19-20-14(3,4)12-17-9-6-10-18-12/h23-24H,5-12H2,1-4H3;5-10H2,1-4H3,(H,15,16)(H,17,18). The van der Waals surface area contributed by atoms with E-state index in [2.05, 4.69) is 60.9 Å². The molecule has 4 aliphatic heterocycles. The first-order valence-corrected chi connectivity index (χ1v) is 16.0. The smallest absolute Gasteiger partial charge is 0.133 e. The maximum Gasteiger partial charge on any atom is 0.133 e. The van der Waals surface area contributed by atoms with Crippen LogP contribution in [0.15, 0.2) is 40.4 Å². The van der Waals surface area contributed by atoms with Gasteiger partial charge in [-0.3, -0.25) is 20.0 Å². The molecule has 4 aliphatic rings. The molecule has 0 fully saturated rings. The van der Waals surface area contributed by atoms with Crippen LogP contribution < -0.4 is 10.6 Å². The lowest BCUT2D eigenvalue weighted by atomic mass is 10.0. The molecule has 4 N–H and O–H groups in total. The lowest BCUT2D eigenvalue weighted by molar-refractivity contribution is 0.250. The Morgan fingerprint density at radius 3 is 1.25 bits per heavy atom. The van der Waals surface area contributed by atoms with Gasteiger partial charge in [-0.05, 0) is 68.2 Å². The monoisotopic (exact) mass is 616 g/mol. The van der Waals surface area contributed by atoms with Gasteiger partial charge in [-0.2, -0.15) is 20.5 Å². The number of hydrogen-bond acceptors (Lipinski definition) is 14. The summed E-state index contributed by atoms with van der Waals surface area (Å²) < 4.78 is 0. The number of β-amino-alcohol motifs (C(OH)–C–C–N with tert-alkyl or cyclic N) is 2. The third kappa shape index (κ3) is 9.50. The number of aliphatic imine (C=N–C) groups is 4. The van der Waals surface area contributed by atoms with E-state index in [1.165, 1.54) is 0 Å². The second kappa shape index (κ2) is 15.3. The van der Waals surface area contributed by atoms with Crippen LogP contribution in [0.5, 0.6) is 0 Å². The molecular formula is C30H56N12O2. The van der Waals surface area contributed by atoms with Gasteiger partial charge in [0.2, 0.25) is 0 Å². The number of nitrogens with zero attached hydrogens (tertiary/aromatic N) is 10. The average molecular weight is 617 g/mol. The highest BCUT2D eigenvalue weighted by Crippen LogP contribution is 2.25. The molecule has 0 saturated heterocycles. The predicted octanol–water partition coefficient (Wildman–Crippen LogP) is 2.19. The Balaban J connectivity index is 0.000000244. The molecule has 0 aliphatic carbocycles. The van der Waals surface area contributed by atoms with Crippen molar-refractivity contribution in [3.8, 4) is 0 Å². The van der Waals surface area contributed by atoms with Crippen LogP contribution >= 0.6 is 0 Å². The van der Waals surface area contributed by atoms with Crippen molar-refractivity contribution in [2.75, 3.05) is 78.7 Å². The van der Waals surface area contributed by atoms with E-state index in [-0.39, 0.29) is 13.2 Å². The topological polar surface area (TPSA) is 170 Å². The van der Waals surface area contributed by atoms with Crippen molar-refractivity contribution in [1.29, 1.82) is 0 Å². The Bertz CT molecular complexity index is 1050. The fraction of sp³-hybridized carbons (Fsp3) is 0.867. The Labute approximate surface area is 263 Å². The number of rotatable bonds is 12. The van der Waals surface area contributed by atoms with Gasteiger partial charge in [0, 0.05) is 52.4 Å². The lowest BCUT2D eigenvalue weighted by Gasteiger charge is -2.31. The van der Waals surface area contributed by atoms with Gasteiger partial charge in [0.15, 0.2) is 0 Å². The summed E-state index contributed by atoms with van der Waals surface area (Å²) in [5, 5.41) is 43.3. The fourth-order valence-corrected chi connectivity index (χ4v) is 5.37. The summed E-state index contributed by atoms with van der Waals surface area (Å²) in [5.74, 6) is 3.61. The van der Waals surface area contributed by atoms with Crippen molar-refractivity contribution >= 4 is 23.3 Å². The second-order valence-electron chi connectivity index (χ2n) is 13.5. The third-order valence-corrected chi connectivity index (χ3v) is 7.75. The molecule has 248 valence electrons. The van der Waals surface area contributed by atoms with E-state index < -0.39 is 22.2 Å². The van der Waals surface area contributed by atoms with Crippen LogP contribution in [-0.4, -0.2) is 144 Å². The van der Waals surface area contributed by atoms with Crippen molar-refractivity contribution in [3.63, 3.8) is 0 Å². The highest BCUT2D eigenvalue weighted by atomic mass is 16.3. The minimum absolute atomic E-state index is 0.102. The number of amidine groups is 4. The van der Waals surface area contributed by atoms with E-state index >= 15 is 0 Å². The number of aliphatic hydroxyl groups is 2. The molecule has 0 aromatic carbocycles. The summed E-state index contributed by atoms with van der Waals surface area (Å²) in [6.45, 7) is 24.2. The van der Waals surface area contributed by atoms with Crippen molar-refractivity contribution in [2.24, 2.45) is 40.4 Å². The molecule has 0 saturated carbocycles. The summed E-state index contributed by atoms with van der Waals surface area (Å²) in [4.78, 5) is 22.3. The highest BCUT2D eigenvalue weighted by molar-refractivity contribution is 5.94. The lowest BCUT2D eigenvalue weighted by Crippen LogP contribution is -2.46.